The highest BCUT2D eigenvalue weighted by Crippen LogP contribution is 2.30. The summed E-state index contributed by atoms with van der Waals surface area (Å²) in [5.41, 5.74) is 5.36. The zero-order chi connectivity index (χ0) is 66.5. The SMILES string of the molecule is CC[C@H](C)[C@@H]([C@@H](CC(=O)N1CCC[C@H]1[C@H](OC)[C@@H](C)C(=O)NS(=O)(=O)c1ccc(NC(=O)[C@H](CCCNC(N)=O)NC(=O)[C@@H](NC(=O)CC(C)COCC(C)CN2C(=O)C=CC2=O)C(C)C)cc1)OC)N(C)C(=O)[C@@H](NC(=O)[C@H](C(C)C)N(C)C)C(C)C. The molecule has 11 amide bonds. The Hall–Kier alpha value is -6.55. The Kier molecular flexibility index (Phi) is 30.6. The highest BCUT2D eigenvalue weighted by Gasteiger charge is 2.44. The van der Waals surface area contributed by atoms with Crippen molar-refractivity contribution in [2.45, 2.75) is 174 Å². The van der Waals surface area contributed by atoms with E-state index in [0.29, 0.717) is 25.8 Å². The van der Waals surface area contributed by atoms with Crippen LogP contribution in [0.5, 0.6) is 0 Å². The molecule has 1 aromatic carbocycles. The first kappa shape index (κ1) is 75.7. The van der Waals surface area contributed by atoms with Gasteiger partial charge in [-0.25, -0.2) is 17.9 Å². The first-order valence-electron chi connectivity index (χ1n) is 30.5. The number of nitrogens with one attached hydrogen (secondary N) is 6. The molecule has 1 fully saturated rings. The number of likely N-dealkylation sites (tertiary alicyclic amines) is 1. The molecule has 26 nitrogen and oxygen atoms in total. The molecule has 0 aromatic heterocycles. The summed E-state index contributed by atoms with van der Waals surface area (Å²) < 4.78 is 47.4. The summed E-state index contributed by atoms with van der Waals surface area (Å²) in [6.45, 7) is 21.1. The molecule has 88 heavy (non-hydrogen) atoms. The summed E-state index contributed by atoms with van der Waals surface area (Å²) >= 11 is 0. The molecule has 2 unspecified atom stereocenters. The lowest BCUT2D eigenvalue weighted by molar-refractivity contribution is -0.148. The normalized spacial score (nSPS) is 18.2. The molecule has 8 N–H and O–H groups in total. The van der Waals surface area contributed by atoms with Crippen molar-refractivity contribution in [1.82, 2.24) is 45.6 Å². The molecule has 1 aromatic rings. The number of imide groups is 1. The fourth-order valence-corrected chi connectivity index (χ4v) is 12.3. The van der Waals surface area contributed by atoms with Crippen LogP contribution in [0, 0.1) is 41.4 Å². The smallest absolute Gasteiger partial charge is 0.312 e. The predicted octanol–water partition coefficient (Wildman–Crippen LogP) is 2.76. The molecule has 496 valence electrons. The Morgan fingerprint density at radius 3 is 1.88 bits per heavy atom. The maximum Gasteiger partial charge on any atom is 0.312 e. The lowest BCUT2D eigenvalue weighted by Crippen LogP contribution is -2.59. The van der Waals surface area contributed by atoms with Crippen molar-refractivity contribution in [3.8, 4) is 0 Å². The van der Waals surface area contributed by atoms with E-state index in [1.807, 2.05) is 67.5 Å². The minimum atomic E-state index is -4.53. The van der Waals surface area contributed by atoms with Gasteiger partial charge in [0, 0.05) is 71.8 Å². The van der Waals surface area contributed by atoms with E-state index in [1.54, 1.807) is 37.6 Å². The van der Waals surface area contributed by atoms with Crippen LogP contribution in [-0.2, 0) is 67.4 Å². The molecule has 1 saturated heterocycles. The van der Waals surface area contributed by atoms with Gasteiger partial charge in [-0.05, 0) is 99.6 Å². The number of anilines is 1. The molecular formula is C61H101N11O15S. The van der Waals surface area contributed by atoms with Crippen molar-refractivity contribution < 1.29 is 70.6 Å². The summed E-state index contributed by atoms with van der Waals surface area (Å²) in [5.74, 6) is -6.77. The van der Waals surface area contributed by atoms with E-state index in [1.165, 1.54) is 57.6 Å². The summed E-state index contributed by atoms with van der Waals surface area (Å²) in [7, 11) is 3.63. The Bertz CT molecular complexity index is 2670. The van der Waals surface area contributed by atoms with Crippen molar-refractivity contribution in [3.05, 3.63) is 36.4 Å². The Morgan fingerprint density at radius 1 is 0.739 bits per heavy atom. The average Bonchev–Trinajstić information content (AvgIpc) is 1.61. The van der Waals surface area contributed by atoms with Crippen molar-refractivity contribution >= 4 is 74.9 Å². The third-order valence-electron chi connectivity index (χ3n) is 16.2. The second-order valence-corrected chi connectivity index (χ2v) is 26.5. The number of ether oxygens (including phenoxy) is 3. The van der Waals surface area contributed by atoms with E-state index < -0.39 is 100.0 Å². The third-order valence-corrected chi connectivity index (χ3v) is 17.6. The number of urea groups is 1. The number of nitrogens with two attached hydrogens (primary N) is 1. The van der Waals surface area contributed by atoms with Gasteiger partial charge in [-0.2, -0.15) is 0 Å². The van der Waals surface area contributed by atoms with Crippen LogP contribution in [0.3, 0.4) is 0 Å². The first-order valence-corrected chi connectivity index (χ1v) is 32.0. The van der Waals surface area contributed by atoms with Crippen LogP contribution >= 0.6 is 0 Å². The van der Waals surface area contributed by atoms with Crippen molar-refractivity contribution in [2.75, 3.05) is 73.5 Å². The fraction of sp³-hybridized carbons (Fsp3) is 0.705. The molecule has 2 aliphatic rings. The number of nitrogens with zero attached hydrogens (tertiary/aromatic N) is 4. The Morgan fingerprint density at radius 2 is 1.34 bits per heavy atom. The van der Waals surface area contributed by atoms with E-state index in [0.717, 1.165) is 4.90 Å². The maximum atomic E-state index is 14.4. The van der Waals surface area contributed by atoms with Gasteiger partial charge in [0.05, 0.1) is 54.2 Å². The van der Waals surface area contributed by atoms with Gasteiger partial charge in [-0.3, -0.25) is 53.0 Å². The molecule has 3 rings (SSSR count). The molecule has 0 saturated carbocycles. The largest absolute Gasteiger partial charge is 0.381 e. The van der Waals surface area contributed by atoms with Crippen LogP contribution in [-0.4, -0.2) is 204 Å². The number of amides is 11. The molecule has 2 aliphatic heterocycles. The molecular weight excluding hydrogens is 1160 g/mol. The van der Waals surface area contributed by atoms with E-state index in [4.69, 9.17) is 19.9 Å². The standard InChI is InChI=1S/C61H101N11O15S/c1-17-40(10)54(70(14)60(81)52(36(4)5)67-59(80)53(37(6)7)69(12)13)46(85-15)31-50(76)71-29-19-21-45(71)55(86-16)41(11)56(77)68-88(83,84)43-24-22-42(23-25-43)64-57(78)44(20-18-28-63-61(62)82)65-58(79)51(35(2)3)66-47(73)30-38(8)33-87-34-39(9)32-72-48(74)26-27-49(72)75/h22-27,35-41,44-46,51-55H,17-21,28-34H2,1-16H3,(H,64,78)(H,65,79)(H,66,73)(H,67,80)(H,68,77)(H3,62,63,82)/t38?,39?,40-,41+,44-,45-,46+,51-,52-,53-,54-,55+/m0/s1. The lowest BCUT2D eigenvalue weighted by Gasteiger charge is -2.41. The van der Waals surface area contributed by atoms with Crippen LogP contribution in [0.15, 0.2) is 41.3 Å². The number of benzene rings is 1. The topological polar surface area (TPSA) is 344 Å². The van der Waals surface area contributed by atoms with Gasteiger partial charge in [-0.15, -0.1) is 0 Å². The Balaban J connectivity index is 1.70. The molecule has 0 bridgehead atoms. The minimum Gasteiger partial charge on any atom is -0.381 e. The number of carbonyl (C=O) groups is 10. The number of hydrogen-bond donors (Lipinski definition) is 7. The predicted molar refractivity (Wildman–Crippen MR) is 331 cm³/mol. The van der Waals surface area contributed by atoms with Gasteiger partial charge in [0.25, 0.3) is 21.8 Å². The number of methoxy groups -OCH3 is 2. The van der Waals surface area contributed by atoms with Crippen molar-refractivity contribution in [1.29, 1.82) is 0 Å². The average molecular weight is 1260 g/mol. The van der Waals surface area contributed by atoms with Gasteiger partial charge in [-0.1, -0.05) is 82.6 Å². The van der Waals surface area contributed by atoms with Crippen LogP contribution < -0.4 is 37.0 Å². The summed E-state index contributed by atoms with van der Waals surface area (Å²) in [6, 6.07) is -0.667. The van der Waals surface area contributed by atoms with E-state index in [9.17, 15) is 56.4 Å². The van der Waals surface area contributed by atoms with Crippen LogP contribution in [0.2, 0.25) is 0 Å². The molecule has 2 heterocycles. The number of carbonyl (C=O) groups excluding carboxylic acids is 10. The number of hydrogen-bond acceptors (Lipinski definition) is 16. The number of rotatable bonds is 37. The van der Waals surface area contributed by atoms with Crippen LogP contribution in [0.4, 0.5) is 10.5 Å². The summed E-state index contributed by atoms with van der Waals surface area (Å²) in [6.07, 6.45) is 2.44. The second-order valence-electron chi connectivity index (χ2n) is 24.8. The zero-order valence-corrected chi connectivity index (χ0v) is 55.3. The number of primary amides is 1. The van der Waals surface area contributed by atoms with E-state index in [2.05, 4.69) is 31.3 Å². The summed E-state index contributed by atoms with van der Waals surface area (Å²) in [5, 5.41) is 13.6. The third kappa shape index (κ3) is 22.2. The van der Waals surface area contributed by atoms with Gasteiger partial charge < -0.3 is 56.3 Å². The number of likely N-dealkylation sites (N-methyl/N-ethyl adjacent to an activating group) is 2. The lowest BCUT2D eigenvalue weighted by atomic mass is 9.89. The molecule has 0 spiro atoms. The van der Waals surface area contributed by atoms with E-state index >= 15 is 0 Å². The van der Waals surface area contributed by atoms with Gasteiger partial charge in [0.15, 0.2) is 0 Å². The molecule has 0 aliphatic carbocycles. The molecule has 27 heteroatoms. The van der Waals surface area contributed by atoms with Crippen molar-refractivity contribution in [2.24, 2.45) is 47.2 Å². The van der Waals surface area contributed by atoms with E-state index in [-0.39, 0.29) is 122 Å². The molecule has 12 atom stereocenters. The van der Waals surface area contributed by atoms with Crippen molar-refractivity contribution in [3.63, 3.8) is 0 Å². The Labute approximate surface area is 520 Å². The van der Waals surface area contributed by atoms with Gasteiger partial charge >= 0.3 is 6.03 Å². The van der Waals surface area contributed by atoms with Gasteiger partial charge in [0.2, 0.25) is 41.4 Å². The molecule has 0 radical (unpaired) electrons. The first-order chi connectivity index (χ1) is 41.2. The van der Waals surface area contributed by atoms with Crippen LogP contribution in [0.1, 0.15) is 121 Å². The second kappa shape index (κ2) is 35.6. The monoisotopic (exact) mass is 1260 g/mol. The number of sulfonamides is 1. The zero-order valence-electron chi connectivity index (χ0n) is 54.5. The highest BCUT2D eigenvalue weighted by atomic mass is 32.2. The quantitative estimate of drug-likeness (QED) is 0.0372. The van der Waals surface area contributed by atoms with Gasteiger partial charge in [0.1, 0.15) is 18.1 Å². The highest BCUT2D eigenvalue weighted by molar-refractivity contribution is 7.90. The fourth-order valence-electron chi connectivity index (χ4n) is 11.3. The minimum absolute atomic E-state index is 0.00668. The summed E-state index contributed by atoms with van der Waals surface area (Å²) in [4.78, 5) is 138. The maximum absolute atomic E-state index is 14.4. The van der Waals surface area contributed by atoms with Crippen LogP contribution in [0.25, 0.3) is 0 Å².